The van der Waals surface area contributed by atoms with Crippen molar-refractivity contribution in [3.05, 3.63) is 72.4 Å². The number of nitrogens with zero attached hydrogens (tertiary/aromatic N) is 5. The van der Waals surface area contributed by atoms with Crippen molar-refractivity contribution >= 4 is 11.8 Å². The highest BCUT2D eigenvalue weighted by atomic mass is 32.2. The third kappa shape index (κ3) is 3.32. The minimum atomic E-state index is 0.525. The maximum absolute atomic E-state index is 5.74. The Bertz CT molecular complexity index is 966. The summed E-state index contributed by atoms with van der Waals surface area (Å²) in [5.74, 6) is 2.45. The van der Waals surface area contributed by atoms with Crippen molar-refractivity contribution in [2.75, 3.05) is 0 Å². The summed E-state index contributed by atoms with van der Waals surface area (Å²) in [6, 6.07) is 19.8. The van der Waals surface area contributed by atoms with Crippen molar-refractivity contribution in [3.8, 4) is 17.1 Å². The van der Waals surface area contributed by atoms with Crippen LogP contribution in [0, 0.1) is 6.92 Å². The van der Waals surface area contributed by atoms with Gasteiger partial charge in [-0.05, 0) is 31.2 Å². The second kappa shape index (κ2) is 6.90. The molecule has 0 saturated heterocycles. The predicted octanol–water partition coefficient (Wildman–Crippen LogP) is 3.92. The molecule has 25 heavy (non-hydrogen) atoms. The molecule has 4 rings (SSSR count). The SMILES string of the molecule is Cc1nnc(SCc2nnc(-c3ccccc3)o2)n1-c1ccccc1. The van der Waals surface area contributed by atoms with Crippen molar-refractivity contribution in [1.82, 2.24) is 25.0 Å². The summed E-state index contributed by atoms with van der Waals surface area (Å²) in [6.07, 6.45) is 0. The van der Waals surface area contributed by atoms with E-state index >= 15 is 0 Å². The molecule has 0 amide bonds. The first-order valence-electron chi connectivity index (χ1n) is 7.79. The van der Waals surface area contributed by atoms with Crippen LogP contribution in [0.4, 0.5) is 0 Å². The number of thioether (sulfide) groups is 1. The lowest BCUT2D eigenvalue weighted by atomic mass is 10.2. The smallest absolute Gasteiger partial charge is 0.247 e. The van der Waals surface area contributed by atoms with E-state index < -0.39 is 0 Å². The lowest BCUT2D eigenvalue weighted by molar-refractivity contribution is 0.528. The average molecular weight is 349 g/mol. The molecule has 0 aliphatic rings. The van der Waals surface area contributed by atoms with E-state index in [0.29, 0.717) is 17.5 Å². The highest BCUT2D eigenvalue weighted by Gasteiger charge is 2.14. The van der Waals surface area contributed by atoms with Crippen LogP contribution in [0.1, 0.15) is 11.7 Å². The van der Waals surface area contributed by atoms with Crippen LogP contribution in [0.3, 0.4) is 0 Å². The van der Waals surface area contributed by atoms with Crippen molar-refractivity contribution in [3.63, 3.8) is 0 Å². The van der Waals surface area contributed by atoms with E-state index in [4.69, 9.17) is 4.42 Å². The molecule has 6 nitrogen and oxygen atoms in total. The van der Waals surface area contributed by atoms with Crippen LogP contribution < -0.4 is 0 Å². The molecule has 0 aliphatic carbocycles. The van der Waals surface area contributed by atoms with Gasteiger partial charge in [0, 0.05) is 11.3 Å². The maximum atomic E-state index is 5.74. The number of rotatable bonds is 5. The first-order valence-corrected chi connectivity index (χ1v) is 8.78. The number of benzene rings is 2. The van der Waals surface area contributed by atoms with Gasteiger partial charge in [0.1, 0.15) is 5.82 Å². The second-order valence-corrected chi connectivity index (χ2v) is 6.30. The van der Waals surface area contributed by atoms with E-state index in [1.807, 2.05) is 72.2 Å². The second-order valence-electron chi connectivity index (χ2n) is 5.36. The van der Waals surface area contributed by atoms with Crippen LogP contribution in [0.5, 0.6) is 0 Å². The largest absolute Gasteiger partial charge is 0.420 e. The van der Waals surface area contributed by atoms with Crippen molar-refractivity contribution in [2.45, 2.75) is 17.8 Å². The predicted molar refractivity (Wildman–Crippen MR) is 95.4 cm³/mol. The molecular weight excluding hydrogens is 334 g/mol. The number of aromatic nitrogens is 5. The van der Waals surface area contributed by atoms with Gasteiger partial charge in [-0.1, -0.05) is 48.2 Å². The molecule has 4 aromatic rings. The standard InChI is InChI=1S/C18H15N5OS/c1-13-19-22-18(23(13)15-10-6-3-7-11-15)25-12-16-20-21-17(24-16)14-8-4-2-5-9-14/h2-11H,12H2,1H3. The minimum absolute atomic E-state index is 0.525. The molecule has 2 aromatic heterocycles. The van der Waals surface area contributed by atoms with Crippen molar-refractivity contribution in [1.29, 1.82) is 0 Å². The van der Waals surface area contributed by atoms with E-state index in [9.17, 15) is 0 Å². The molecule has 0 radical (unpaired) electrons. The van der Waals surface area contributed by atoms with E-state index in [1.54, 1.807) is 0 Å². The van der Waals surface area contributed by atoms with Gasteiger partial charge in [-0.15, -0.1) is 20.4 Å². The molecule has 7 heteroatoms. The van der Waals surface area contributed by atoms with E-state index in [1.165, 1.54) is 11.8 Å². The first-order chi connectivity index (χ1) is 12.3. The molecule has 0 atom stereocenters. The fraction of sp³-hybridized carbons (Fsp3) is 0.111. The Morgan fingerprint density at radius 3 is 2.36 bits per heavy atom. The Balaban J connectivity index is 1.52. The average Bonchev–Trinajstić information content (AvgIpc) is 3.28. The van der Waals surface area contributed by atoms with E-state index in [2.05, 4.69) is 20.4 Å². The van der Waals surface area contributed by atoms with Crippen LogP contribution in [-0.2, 0) is 5.75 Å². The van der Waals surface area contributed by atoms with Crippen LogP contribution in [0.15, 0.2) is 70.2 Å². The zero-order chi connectivity index (χ0) is 17.1. The first kappa shape index (κ1) is 15.6. The lowest BCUT2D eigenvalue weighted by Gasteiger charge is -2.07. The third-order valence-electron chi connectivity index (χ3n) is 3.62. The molecule has 0 unspecified atom stereocenters. The Hall–Kier alpha value is -2.93. The number of hydrogen-bond donors (Lipinski definition) is 0. The van der Waals surface area contributed by atoms with Gasteiger partial charge in [-0.25, -0.2) is 0 Å². The monoisotopic (exact) mass is 349 g/mol. The van der Waals surface area contributed by atoms with Gasteiger partial charge in [0.15, 0.2) is 5.16 Å². The van der Waals surface area contributed by atoms with Gasteiger partial charge in [0.05, 0.1) is 5.75 Å². The maximum Gasteiger partial charge on any atom is 0.247 e. The number of para-hydroxylation sites is 1. The molecule has 0 spiro atoms. The fourth-order valence-corrected chi connectivity index (χ4v) is 3.28. The summed E-state index contributed by atoms with van der Waals surface area (Å²) in [5.41, 5.74) is 1.94. The van der Waals surface area contributed by atoms with Gasteiger partial charge in [0.25, 0.3) is 0 Å². The summed E-state index contributed by atoms with van der Waals surface area (Å²) in [5, 5.41) is 17.5. The molecular formula is C18H15N5OS. The Morgan fingerprint density at radius 2 is 1.60 bits per heavy atom. The van der Waals surface area contributed by atoms with Gasteiger partial charge in [0.2, 0.25) is 11.8 Å². The Kier molecular flexibility index (Phi) is 4.30. The number of aryl methyl sites for hydroxylation is 1. The van der Waals surface area contributed by atoms with Gasteiger partial charge >= 0.3 is 0 Å². The van der Waals surface area contributed by atoms with Crippen molar-refractivity contribution in [2.24, 2.45) is 0 Å². The Labute approximate surface area is 148 Å². The molecule has 124 valence electrons. The fourth-order valence-electron chi connectivity index (χ4n) is 2.45. The zero-order valence-electron chi connectivity index (χ0n) is 13.5. The van der Waals surface area contributed by atoms with E-state index in [-0.39, 0.29) is 0 Å². The number of hydrogen-bond acceptors (Lipinski definition) is 6. The summed E-state index contributed by atoms with van der Waals surface area (Å²) in [7, 11) is 0. The van der Waals surface area contributed by atoms with Gasteiger partial charge < -0.3 is 4.42 Å². The Morgan fingerprint density at radius 1 is 0.880 bits per heavy atom. The molecule has 0 fully saturated rings. The summed E-state index contributed by atoms with van der Waals surface area (Å²) in [4.78, 5) is 0. The van der Waals surface area contributed by atoms with Crippen molar-refractivity contribution < 1.29 is 4.42 Å². The van der Waals surface area contributed by atoms with E-state index in [0.717, 1.165) is 22.2 Å². The molecule has 2 aromatic carbocycles. The van der Waals surface area contributed by atoms with Crippen LogP contribution in [-0.4, -0.2) is 25.0 Å². The topological polar surface area (TPSA) is 69.6 Å². The minimum Gasteiger partial charge on any atom is -0.420 e. The highest BCUT2D eigenvalue weighted by Crippen LogP contribution is 2.26. The lowest BCUT2D eigenvalue weighted by Crippen LogP contribution is -1.98. The summed E-state index contributed by atoms with van der Waals surface area (Å²) in [6.45, 7) is 1.93. The molecule has 0 N–H and O–H groups in total. The van der Waals surface area contributed by atoms with Crippen LogP contribution >= 0.6 is 11.8 Å². The highest BCUT2D eigenvalue weighted by molar-refractivity contribution is 7.98. The van der Waals surface area contributed by atoms with Gasteiger partial charge in [-0.2, -0.15) is 0 Å². The zero-order valence-corrected chi connectivity index (χ0v) is 14.3. The molecule has 0 saturated carbocycles. The van der Waals surface area contributed by atoms with Gasteiger partial charge in [-0.3, -0.25) is 4.57 Å². The summed E-state index contributed by atoms with van der Waals surface area (Å²) >= 11 is 1.52. The summed E-state index contributed by atoms with van der Waals surface area (Å²) < 4.78 is 7.76. The molecule has 2 heterocycles. The quantitative estimate of drug-likeness (QED) is 0.509. The third-order valence-corrected chi connectivity index (χ3v) is 4.54. The van der Waals surface area contributed by atoms with Crippen LogP contribution in [0.25, 0.3) is 17.1 Å². The normalized spacial score (nSPS) is 10.9. The molecule has 0 aliphatic heterocycles. The molecule has 0 bridgehead atoms. The van der Waals surface area contributed by atoms with Crippen LogP contribution in [0.2, 0.25) is 0 Å².